The maximum atomic E-state index is 9.89. The predicted molar refractivity (Wildman–Crippen MR) is 119 cm³/mol. The van der Waals surface area contributed by atoms with Crippen molar-refractivity contribution in [2.45, 2.75) is 79.6 Å². The smallest absolute Gasteiger partial charge is 0.0462 e. The Morgan fingerprint density at radius 2 is 1.71 bits per heavy atom. The summed E-state index contributed by atoms with van der Waals surface area (Å²) in [5, 5.41) is 9.89. The molecular weight excluding hydrogens is 340 g/mol. The molecule has 4 rings (SSSR count). The van der Waals surface area contributed by atoms with Gasteiger partial charge in [0.05, 0.1) is 0 Å². The molecule has 0 saturated heterocycles. The van der Waals surface area contributed by atoms with E-state index in [0.29, 0.717) is 35.2 Å². The normalized spacial score (nSPS) is 48.7. The summed E-state index contributed by atoms with van der Waals surface area (Å²) in [5.41, 5.74) is 0.952. The van der Waals surface area contributed by atoms with Crippen LogP contribution in [-0.2, 0) is 0 Å². The fraction of sp³-hybridized carbons (Fsp3) is 0.852. The van der Waals surface area contributed by atoms with Gasteiger partial charge in [0.2, 0.25) is 0 Å². The highest BCUT2D eigenvalue weighted by molar-refractivity contribution is 5.21. The summed E-state index contributed by atoms with van der Waals surface area (Å²) < 4.78 is 0. The maximum absolute atomic E-state index is 9.89. The molecule has 0 spiro atoms. The van der Waals surface area contributed by atoms with Crippen LogP contribution in [0.5, 0.6) is 0 Å². The lowest BCUT2D eigenvalue weighted by atomic mass is 9.46. The molecule has 0 aromatic heterocycles. The van der Waals surface area contributed by atoms with Gasteiger partial charge in [0, 0.05) is 6.61 Å². The number of fused-ring (bicyclic) bond motifs is 5. The highest BCUT2D eigenvalue weighted by atomic mass is 16.3. The Kier molecular flexibility index (Phi) is 5.62. The van der Waals surface area contributed by atoms with E-state index in [1.807, 2.05) is 0 Å². The van der Waals surface area contributed by atoms with E-state index in [9.17, 15) is 5.11 Å². The van der Waals surface area contributed by atoms with Crippen LogP contribution < -0.4 is 0 Å². The van der Waals surface area contributed by atoms with Crippen molar-refractivity contribution in [3.8, 4) is 0 Å². The van der Waals surface area contributed by atoms with Crippen LogP contribution in [0.2, 0.25) is 0 Å². The van der Waals surface area contributed by atoms with E-state index in [4.69, 9.17) is 0 Å². The standard InChI is InChI=1S/C27H44O/c1-18(2)7-6-8-19(3)22-11-12-24-21-9-10-23-20(17-28)13-15-27(23,5)25(21)14-16-26(22,24)4/h6,8,11-12,18-25,28H,7,9-10,13-17H2,1-5H3. The molecule has 3 fully saturated rings. The molecule has 0 aliphatic heterocycles. The maximum Gasteiger partial charge on any atom is 0.0462 e. The van der Waals surface area contributed by atoms with Crippen molar-refractivity contribution in [1.82, 2.24) is 0 Å². The summed E-state index contributed by atoms with van der Waals surface area (Å²) in [6, 6.07) is 0. The third kappa shape index (κ3) is 3.15. The third-order valence-corrected chi connectivity index (χ3v) is 10.00. The fourth-order valence-corrected chi connectivity index (χ4v) is 8.50. The Morgan fingerprint density at radius 1 is 0.964 bits per heavy atom. The van der Waals surface area contributed by atoms with Crippen LogP contribution in [-0.4, -0.2) is 11.7 Å². The van der Waals surface area contributed by atoms with Crippen molar-refractivity contribution in [3.63, 3.8) is 0 Å². The van der Waals surface area contributed by atoms with Crippen molar-refractivity contribution >= 4 is 0 Å². The van der Waals surface area contributed by atoms with Gasteiger partial charge in [-0.05, 0) is 103 Å². The largest absolute Gasteiger partial charge is 0.396 e. The molecule has 1 heteroatoms. The zero-order valence-corrected chi connectivity index (χ0v) is 19.0. The Morgan fingerprint density at radius 3 is 2.43 bits per heavy atom. The van der Waals surface area contributed by atoms with E-state index in [1.165, 1.54) is 44.9 Å². The fourth-order valence-electron chi connectivity index (χ4n) is 8.50. The van der Waals surface area contributed by atoms with Crippen LogP contribution in [0.4, 0.5) is 0 Å². The lowest BCUT2D eigenvalue weighted by Crippen LogP contribution is -2.51. The molecule has 0 heterocycles. The average Bonchev–Trinajstić information content (AvgIpc) is 3.17. The highest BCUT2D eigenvalue weighted by Gasteiger charge is 2.60. The van der Waals surface area contributed by atoms with Crippen molar-refractivity contribution in [2.75, 3.05) is 6.61 Å². The zero-order valence-electron chi connectivity index (χ0n) is 19.0. The number of aliphatic hydroxyl groups is 1. The number of allylic oxidation sites excluding steroid dienone is 4. The van der Waals surface area contributed by atoms with E-state index >= 15 is 0 Å². The predicted octanol–water partition coefficient (Wildman–Crippen LogP) is 6.88. The first-order valence-electron chi connectivity index (χ1n) is 12.3. The van der Waals surface area contributed by atoms with E-state index in [2.05, 4.69) is 58.9 Å². The summed E-state index contributed by atoms with van der Waals surface area (Å²) >= 11 is 0. The minimum atomic E-state index is 0.418. The van der Waals surface area contributed by atoms with Crippen LogP contribution in [0.25, 0.3) is 0 Å². The molecule has 4 aliphatic rings. The second-order valence-corrected chi connectivity index (χ2v) is 11.8. The third-order valence-electron chi connectivity index (χ3n) is 10.00. The average molecular weight is 385 g/mol. The Labute approximate surface area is 174 Å². The van der Waals surface area contributed by atoms with Gasteiger partial charge in [-0.25, -0.2) is 0 Å². The lowest BCUT2D eigenvalue weighted by Gasteiger charge is -2.58. The van der Waals surface area contributed by atoms with Crippen LogP contribution in [0.15, 0.2) is 24.3 Å². The Bertz CT molecular complexity index is 618. The van der Waals surface area contributed by atoms with Crippen LogP contribution >= 0.6 is 0 Å². The quantitative estimate of drug-likeness (QED) is 0.512. The number of rotatable bonds is 5. The van der Waals surface area contributed by atoms with Crippen LogP contribution in [0.3, 0.4) is 0 Å². The monoisotopic (exact) mass is 384 g/mol. The Hall–Kier alpha value is -0.560. The molecule has 0 amide bonds. The zero-order chi connectivity index (χ0) is 20.1. The summed E-state index contributed by atoms with van der Waals surface area (Å²) in [6.07, 6.45) is 19.6. The SMILES string of the molecule is CC(C)CC=CC(C)C1C=CC2C3CCC4C(CO)CCC4(C)C3CCC12C. The molecule has 158 valence electrons. The lowest BCUT2D eigenvalue weighted by molar-refractivity contribution is -0.0880. The second kappa shape index (κ2) is 7.60. The minimum absolute atomic E-state index is 0.418. The molecule has 1 N–H and O–H groups in total. The van der Waals surface area contributed by atoms with Crippen molar-refractivity contribution in [3.05, 3.63) is 24.3 Å². The molecule has 9 unspecified atom stereocenters. The topological polar surface area (TPSA) is 20.2 Å². The molecular formula is C27H44O. The summed E-state index contributed by atoms with van der Waals surface area (Å²) in [5.74, 6) is 6.02. The number of hydrogen-bond acceptors (Lipinski definition) is 1. The molecule has 0 aromatic rings. The number of hydrogen-bond donors (Lipinski definition) is 1. The Balaban J connectivity index is 1.51. The summed E-state index contributed by atoms with van der Waals surface area (Å²) in [7, 11) is 0. The first kappa shape index (κ1) is 20.7. The molecule has 0 bridgehead atoms. The summed E-state index contributed by atoms with van der Waals surface area (Å²) in [6.45, 7) is 12.7. The van der Waals surface area contributed by atoms with Gasteiger partial charge in [-0.3, -0.25) is 0 Å². The van der Waals surface area contributed by atoms with Gasteiger partial charge in [-0.1, -0.05) is 58.9 Å². The van der Waals surface area contributed by atoms with Crippen LogP contribution in [0, 0.1) is 58.2 Å². The minimum Gasteiger partial charge on any atom is -0.396 e. The van der Waals surface area contributed by atoms with Gasteiger partial charge in [0.1, 0.15) is 0 Å². The van der Waals surface area contributed by atoms with Gasteiger partial charge in [-0.2, -0.15) is 0 Å². The van der Waals surface area contributed by atoms with E-state index in [-0.39, 0.29) is 0 Å². The van der Waals surface area contributed by atoms with Gasteiger partial charge in [0.25, 0.3) is 0 Å². The van der Waals surface area contributed by atoms with E-state index < -0.39 is 0 Å². The second-order valence-electron chi connectivity index (χ2n) is 11.8. The molecule has 28 heavy (non-hydrogen) atoms. The highest BCUT2D eigenvalue weighted by Crippen LogP contribution is 2.68. The number of aliphatic hydroxyl groups excluding tert-OH is 1. The van der Waals surface area contributed by atoms with Crippen LogP contribution in [0.1, 0.15) is 79.6 Å². The molecule has 4 aliphatic carbocycles. The first-order valence-corrected chi connectivity index (χ1v) is 12.3. The van der Waals surface area contributed by atoms with Crippen molar-refractivity contribution in [2.24, 2.45) is 58.2 Å². The van der Waals surface area contributed by atoms with Gasteiger partial charge >= 0.3 is 0 Å². The van der Waals surface area contributed by atoms with Crippen molar-refractivity contribution in [1.29, 1.82) is 0 Å². The first-order chi connectivity index (χ1) is 13.3. The van der Waals surface area contributed by atoms with E-state index in [0.717, 1.165) is 29.6 Å². The molecule has 0 radical (unpaired) electrons. The molecule has 9 atom stereocenters. The van der Waals surface area contributed by atoms with Crippen molar-refractivity contribution < 1.29 is 5.11 Å². The molecule has 0 aromatic carbocycles. The molecule has 3 saturated carbocycles. The van der Waals surface area contributed by atoms with Gasteiger partial charge in [0.15, 0.2) is 0 Å². The van der Waals surface area contributed by atoms with E-state index in [1.54, 1.807) is 0 Å². The summed E-state index contributed by atoms with van der Waals surface area (Å²) in [4.78, 5) is 0. The van der Waals surface area contributed by atoms with Gasteiger partial charge < -0.3 is 5.11 Å². The van der Waals surface area contributed by atoms with Gasteiger partial charge in [-0.15, -0.1) is 0 Å². The molecule has 1 nitrogen and oxygen atoms in total.